The van der Waals surface area contributed by atoms with Crippen LogP contribution in [0.4, 0.5) is 21.0 Å². The minimum atomic E-state index is -3.97. The van der Waals surface area contributed by atoms with Crippen molar-refractivity contribution in [3.05, 3.63) is 64.6 Å². The van der Waals surface area contributed by atoms with Crippen LogP contribution >= 0.6 is 7.60 Å². The smallest absolute Gasteiger partial charge is 0.432 e. The number of fused-ring (bicyclic) bond motifs is 1. The highest BCUT2D eigenvalue weighted by Crippen LogP contribution is 2.51. The summed E-state index contributed by atoms with van der Waals surface area (Å²) >= 11 is 0. The first-order valence-corrected chi connectivity index (χ1v) is 14.0. The zero-order valence-corrected chi connectivity index (χ0v) is 23.7. The van der Waals surface area contributed by atoms with E-state index in [4.69, 9.17) is 28.0 Å². The molecule has 40 heavy (non-hydrogen) atoms. The molecule has 0 aliphatic heterocycles. The molecule has 3 rings (SSSR count). The second-order valence-electron chi connectivity index (χ2n) is 9.03. The number of anilines is 2. The number of nitrogens with one attached hydrogen (secondary N) is 1. The fourth-order valence-corrected chi connectivity index (χ4v) is 4.68. The Morgan fingerprint density at radius 2 is 1.48 bits per heavy atom. The number of hydrogen-bond donors (Lipinski definition) is 1. The molecule has 216 valence electrons. The Balaban J connectivity index is 1.69. The Hall–Kier alpha value is -3.93. The molecular formula is C26H32N3O10P. The summed E-state index contributed by atoms with van der Waals surface area (Å²) < 4.78 is 44.7. The van der Waals surface area contributed by atoms with E-state index in [2.05, 4.69) is 10.3 Å². The van der Waals surface area contributed by atoms with E-state index in [0.717, 1.165) is 11.1 Å². The van der Waals surface area contributed by atoms with Gasteiger partial charge in [0.05, 0.1) is 24.1 Å². The van der Waals surface area contributed by atoms with E-state index in [-0.39, 0.29) is 11.7 Å². The van der Waals surface area contributed by atoms with Crippen LogP contribution in [0.2, 0.25) is 0 Å². The molecule has 0 unspecified atom stereocenters. The number of rotatable bonds is 12. The van der Waals surface area contributed by atoms with Crippen molar-refractivity contribution in [1.29, 1.82) is 0 Å². The van der Waals surface area contributed by atoms with Gasteiger partial charge in [0.2, 0.25) is 13.6 Å². The van der Waals surface area contributed by atoms with Crippen LogP contribution in [0.1, 0.15) is 33.3 Å². The highest BCUT2D eigenvalue weighted by Gasteiger charge is 2.27. The number of aryl methyl sites for hydroxylation is 1. The molecule has 0 saturated carbocycles. The third-order valence-electron chi connectivity index (χ3n) is 5.14. The van der Waals surface area contributed by atoms with Gasteiger partial charge in [-0.2, -0.15) is 0 Å². The molecule has 0 amide bonds. The van der Waals surface area contributed by atoms with Gasteiger partial charge in [-0.05, 0) is 57.5 Å². The van der Waals surface area contributed by atoms with Crippen molar-refractivity contribution in [2.45, 2.75) is 46.1 Å². The van der Waals surface area contributed by atoms with Crippen molar-refractivity contribution in [1.82, 2.24) is 9.55 Å². The van der Waals surface area contributed by atoms with Crippen molar-refractivity contribution in [3.63, 3.8) is 0 Å². The second kappa shape index (κ2) is 13.9. The molecule has 0 atom stereocenters. The van der Waals surface area contributed by atoms with Crippen molar-refractivity contribution >= 4 is 42.3 Å². The van der Waals surface area contributed by atoms with E-state index in [1.807, 2.05) is 0 Å². The van der Waals surface area contributed by atoms with Crippen molar-refractivity contribution in [2.24, 2.45) is 7.05 Å². The number of nitrogens with zero attached hydrogens (tertiary/aromatic N) is 2. The number of carbonyl (C=O) groups excluding carboxylic acids is 2. The van der Waals surface area contributed by atoms with Gasteiger partial charge < -0.3 is 24.3 Å². The molecule has 0 aliphatic carbocycles. The first-order chi connectivity index (χ1) is 19.0. The monoisotopic (exact) mass is 577 g/mol. The maximum Gasteiger partial charge on any atom is 0.510 e. The summed E-state index contributed by atoms with van der Waals surface area (Å²) in [6.07, 6.45) is -1.46. The molecule has 0 aliphatic rings. The number of aromatic nitrogens is 2. The summed E-state index contributed by atoms with van der Waals surface area (Å²) in [4.78, 5) is 39.5. The third-order valence-corrected chi connectivity index (χ3v) is 6.89. The molecule has 0 fully saturated rings. The number of hydrogen-bond acceptors (Lipinski definition) is 12. The van der Waals surface area contributed by atoms with Gasteiger partial charge in [0.1, 0.15) is 5.65 Å². The Morgan fingerprint density at radius 3 is 2.02 bits per heavy atom. The number of pyridine rings is 2. The third kappa shape index (κ3) is 9.08. The Bertz CT molecular complexity index is 1390. The van der Waals surface area contributed by atoms with E-state index in [0.29, 0.717) is 16.9 Å². The van der Waals surface area contributed by atoms with Crippen LogP contribution < -0.4 is 10.9 Å². The lowest BCUT2D eigenvalue weighted by Crippen LogP contribution is -2.16. The first-order valence-electron chi connectivity index (χ1n) is 12.3. The van der Waals surface area contributed by atoms with E-state index in [9.17, 15) is 18.9 Å². The van der Waals surface area contributed by atoms with Crippen LogP contribution in [0.25, 0.3) is 11.0 Å². The first kappa shape index (κ1) is 30.6. The van der Waals surface area contributed by atoms with Crippen LogP contribution in [0.5, 0.6) is 0 Å². The lowest BCUT2D eigenvalue weighted by Gasteiger charge is -2.19. The standard InChI is InChI=1S/C26H32N3O10P/c1-17(2)38-25(31)34-15-36-40(33,37-16-35-26(32)39-18(3)4)14-19-6-8-20(9-7-19)28-22-12-13-27-24-21(22)10-11-23(30)29(24)5/h6-13,17-18H,14-16H2,1-5H3,(H,27,28). The topological polar surface area (TPSA) is 154 Å². The molecule has 14 heteroatoms. The van der Waals surface area contributed by atoms with Crippen molar-refractivity contribution < 1.29 is 42.1 Å². The number of ether oxygens (including phenoxy) is 4. The summed E-state index contributed by atoms with van der Waals surface area (Å²) in [6.45, 7) is 5.14. The van der Waals surface area contributed by atoms with Crippen LogP contribution in [0, 0.1) is 0 Å². The Labute approximate surface area is 230 Å². The van der Waals surface area contributed by atoms with Gasteiger partial charge in [-0.15, -0.1) is 0 Å². The van der Waals surface area contributed by atoms with Gasteiger partial charge in [-0.1, -0.05) is 12.1 Å². The number of benzene rings is 1. The van der Waals surface area contributed by atoms with Crippen LogP contribution in [-0.4, -0.2) is 47.7 Å². The summed E-state index contributed by atoms with van der Waals surface area (Å²) in [5, 5.41) is 4.03. The average molecular weight is 578 g/mol. The largest absolute Gasteiger partial charge is 0.510 e. The molecule has 0 bridgehead atoms. The molecule has 2 heterocycles. The normalized spacial score (nSPS) is 11.5. The van der Waals surface area contributed by atoms with Gasteiger partial charge in [0.15, 0.2) is 0 Å². The minimum absolute atomic E-state index is 0.167. The van der Waals surface area contributed by atoms with Gasteiger partial charge in [-0.25, -0.2) is 14.6 Å². The maximum absolute atomic E-state index is 13.4. The maximum atomic E-state index is 13.4. The Morgan fingerprint density at radius 1 is 0.900 bits per heavy atom. The molecule has 13 nitrogen and oxygen atoms in total. The molecule has 1 aromatic carbocycles. The second-order valence-corrected chi connectivity index (χ2v) is 11.1. The SMILES string of the molecule is CC(C)OC(=O)OCOP(=O)(Cc1ccc(Nc2ccnc3c2ccc(=O)n3C)cc1)OCOC(=O)OC(C)C. The van der Waals surface area contributed by atoms with Crippen LogP contribution in [-0.2, 0) is 45.8 Å². The minimum Gasteiger partial charge on any atom is -0.432 e. The van der Waals surface area contributed by atoms with Gasteiger partial charge in [0, 0.05) is 30.4 Å². The van der Waals surface area contributed by atoms with Crippen molar-refractivity contribution in [2.75, 3.05) is 18.9 Å². The zero-order chi connectivity index (χ0) is 29.3. The zero-order valence-electron chi connectivity index (χ0n) is 22.8. The molecule has 3 aromatic rings. The van der Waals surface area contributed by atoms with Gasteiger partial charge in [0.25, 0.3) is 5.56 Å². The summed E-state index contributed by atoms with van der Waals surface area (Å²) in [5.74, 6) is 0. The lowest BCUT2D eigenvalue weighted by atomic mass is 10.2. The highest BCUT2D eigenvalue weighted by molar-refractivity contribution is 7.53. The summed E-state index contributed by atoms with van der Waals surface area (Å²) in [5.41, 5.74) is 2.37. The molecular weight excluding hydrogens is 545 g/mol. The Kier molecular flexibility index (Phi) is 10.7. The number of carbonyl (C=O) groups is 2. The molecule has 0 saturated heterocycles. The van der Waals surface area contributed by atoms with E-state index < -0.39 is 45.7 Å². The fraction of sp³-hybridized carbons (Fsp3) is 0.385. The van der Waals surface area contributed by atoms with Crippen LogP contribution in [0.3, 0.4) is 0 Å². The summed E-state index contributed by atoms with van der Waals surface area (Å²) in [7, 11) is -2.33. The molecule has 0 spiro atoms. The molecule has 0 radical (unpaired) electrons. The van der Waals surface area contributed by atoms with Gasteiger partial charge in [-0.3, -0.25) is 23.0 Å². The predicted octanol–water partition coefficient (Wildman–Crippen LogP) is 5.44. The highest BCUT2D eigenvalue weighted by atomic mass is 31.2. The van der Waals surface area contributed by atoms with E-state index >= 15 is 0 Å². The van der Waals surface area contributed by atoms with E-state index in [1.165, 1.54) is 10.6 Å². The predicted molar refractivity (Wildman–Crippen MR) is 145 cm³/mol. The van der Waals surface area contributed by atoms with E-state index in [1.54, 1.807) is 77.3 Å². The lowest BCUT2D eigenvalue weighted by molar-refractivity contribution is -0.0304. The van der Waals surface area contributed by atoms with Crippen molar-refractivity contribution in [3.8, 4) is 0 Å². The fourth-order valence-electron chi connectivity index (χ4n) is 3.34. The molecule has 2 aromatic heterocycles. The average Bonchev–Trinajstić information content (AvgIpc) is 2.87. The summed E-state index contributed by atoms with van der Waals surface area (Å²) in [6, 6.07) is 11.8. The quantitative estimate of drug-likeness (QED) is 0.166. The molecule has 1 N–H and O–H groups in total. The van der Waals surface area contributed by atoms with Crippen LogP contribution in [0.15, 0.2) is 53.5 Å². The van der Waals surface area contributed by atoms with Gasteiger partial charge >= 0.3 is 19.9 Å².